The van der Waals surface area contributed by atoms with Gasteiger partial charge in [0.2, 0.25) is 15.9 Å². The zero-order valence-corrected chi connectivity index (χ0v) is 18.3. The van der Waals surface area contributed by atoms with Crippen LogP contribution in [0.1, 0.15) is 37.3 Å². The Morgan fingerprint density at radius 1 is 1.28 bits per heavy atom. The lowest BCUT2D eigenvalue weighted by molar-refractivity contribution is -0.133. The van der Waals surface area contributed by atoms with Gasteiger partial charge in [-0.1, -0.05) is 6.07 Å². The van der Waals surface area contributed by atoms with Crippen molar-refractivity contribution in [2.24, 2.45) is 5.92 Å². The van der Waals surface area contributed by atoms with Crippen LogP contribution in [-0.4, -0.2) is 70.6 Å². The molecule has 0 bridgehead atoms. The van der Waals surface area contributed by atoms with Gasteiger partial charge in [0, 0.05) is 32.8 Å². The lowest BCUT2D eigenvalue weighted by Gasteiger charge is -2.30. The SMILES string of the molecule is CCOCCC(=O)N1CCc2cc(S(=O)(=O)NCC3CCCN(C)C3)ccc2C1. The Kier molecular flexibility index (Phi) is 7.67. The standard InChI is InChI=1S/C21H33N3O4S/c1-3-28-12-9-21(25)24-11-8-18-13-20(7-6-19(18)16-24)29(26,27)22-14-17-5-4-10-23(2)15-17/h6-7,13,17,22H,3-5,8-12,14-16H2,1-2H3. The van der Waals surface area contributed by atoms with E-state index >= 15 is 0 Å². The van der Waals surface area contributed by atoms with Crippen molar-refractivity contribution in [3.8, 4) is 0 Å². The molecule has 0 radical (unpaired) electrons. The van der Waals surface area contributed by atoms with Gasteiger partial charge in [0.15, 0.2) is 0 Å². The minimum atomic E-state index is -3.52. The first-order valence-corrected chi connectivity index (χ1v) is 12.0. The Balaban J connectivity index is 1.59. The lowest BCUT2D eigenvalue weighted by Crippen LogP contribution is -2.39. The smallest absolute Gasteiger partial charge is 0.240 e. The van der Waals surface area contributed by atoms with Gasteiger partial charge < -0.3 is 14.5 Å². The summed E-state index contributed by atoms with van der Waals surface area (Å²) in [7, 11) is -1.44. The predicted octanol–water partition coefficient (Wildman–Crippen LogP) is 1.62. The maximum absolute atomic E-state index is 12.8. The Morgan fingerprint density at radius 3 is 2.86 bits per heavy atom. The highest BCUT2D eigenvalue weighted by molar-refractivity contribution is 7.89. The normalized spacial score (nSPS) is 20.5. The van der Waals surface area contributed by atoms with E-state index < -0.39 is 10.0 Å². The number of nitrogens with one attached hydrogen (secondary N) is 1. The number of sulfonamides is 1. The fourth-order valence-corrected chi connectivity index (χ4v) is 5.29. The molecule has 7 nitrogen and oxygen atoms in total. The molecule has 1 saturated heterocycles. The second-order valence-electron chi connectivity index (χ2n) is 8.07. The van der Waals surface area contributed by atoms with Crippen LogP contribution in [0.4, 0.5) is 0 Å². The van der Waals surface area contributed by atoms with Crippen molar-refractivity contribution >= 4 is 15.9 Å². The van der Waals surface area contributed by atoms with Gasteiger partial charge in [-0.15, -0.1) is 0 Å². The van der Waals surface area contributed by atoms with Crippen molar-refractivity contribution in [2.75, 3.05) is 46.4 Å². The number of benzene rings is 1. The summed E-state index contributed by atoms with van der Waals surface area (Å²) in [5, 5.41) is 0. The highest BCUT2D eigenvalue weighted by Gasteiger charge is 2.24. The van der Waals surface area contributed by atoms with E-state index in [1.807, 2.05) is 17.9 Å². The van der Waals surface area contributed by atoms with Crippen LogP contribution in [0.25, 0.3) is 0 Å². The molecule has 2 aliphatic rings. The molecule has 0 spiro atoms. The number of ether oxygens (including phenoxy) is 1. The Morgan fingerprint density at radius 2 is 2.10 bits per heavy atom. The van der Waals surface area contributed by atoms with Crippen LogP contribution in [0.15, 0.2) is 23.1 Å². The maximum atomic E-state index is 12.8. The van der Waals surface area contributed by atoms with Crippen molar-refractivity contribution in [3.63, 3.8) is 0 Å². The Bertz CT molecular complexity index is 812. The molecular weight excluding hydrogens is 390 g/mol. The number of rotatable bonds is 8. The summed E-state index contributed by atoms with van der Waals surface area (Å²) in [6.07, 6.45) is 3.23. The zero-order chi connectivity index (χ0) is 20.9. The van der Waals surface area contributed by atoms with E-state index in [9.17, 15) is 13.2 Å². The van der Waals surface area contributed by atoms with Gasteiger partial charge in [0.1, 0.15) is 0 Å². The summed E-state index contributed by atoms with van der Waals surface area (Å²) in [6.45, 7) is 6.60. The van der Waals surface area contributed by atoms with Gasteiger partial charge in [-0.25, -0.2) is 13.1 Å². The van der Waals surface area contributed by atoms with Crippen molar-refractivity contribution in [2.45, 2.75) is 44.0 Å². The molecule has 1 fully saturated rings. The second kappa shape index (κ2) is 10.0. The van der Waals surface area contributed by atoms with Gasteiger partial charge in [-0.2, -0.15) is 0 Å². The lowest BCUT2D eigenvalue weighted by atomic mass is 9.99. The number of carbonyl (C=O) groups is 1. The molecule has 29 heavy (non-hydrogen) atoms. The van der Waals surface area contributed by atoms with Crippen molar-refractivity contribution in [1.82, 2.24) is 14.5 Å². The largest absolute Gasteiger partial charge is 0.381 e. The van der Waals surface area contributed by atoms with Gasteiger partial charge in [-0.05, 0) is 69.0 Å². The molecule has 8 heteroatoms. The molecule has 1 amide bonds. The van der Waals surface area contributed by atoms with Crippen molar-refractivity contribution in [3.05, 3.63) is 29.3 Å². The Labute approximate surface area is 174 Å². The number of nitrogens with zero attached hydrogens (tertiary/aromatic N) is 2. The first kappa shape index (κ1) is 22.2. The molecule has 1 N–H and O–H groups in total. The highest BCUT2D eigenvalue weighted by Crippen LogP contribution is 2.23. The number of hydrogen-bond donors (Lipinski definition) is 1. The number of piperidine rings is 1. The molecule has 2 heterocycles. The first-order chi connectivity index (χ1) is 13.9. The van der Waals surface area contributed by atoms with Crippen molar-refractivity contribution < 1.29 is 17.9 Å². The fraction of sp³-hybridized carbons (Fsp3) is 0.667. The van der Waals surface area contributed by atoms with E-state index in [1.165, 1.54) is 0 Å². The molecule has 3 rings (SSSR count). The van der Waals surface area contributed by atoms with E-state index in [4.69, 9.17) is 4.74 Å². The molecule has 1 unspecified atom stereocenters. The number of hydrogen-bond acceptors (Lipinski definition) is 5. The molecular formula is C21H33N3O4S. The minimum absolute atomic E-state index is 0.0833. The minimum Gasteiger partial charge on any atom is -0.381 e. The summed E-state index contributed by atoms with van der Waals surface area (Å²) in [6, 6.07) is 5.27. The molecule has 1 atom stereocenters. The van der Waals surface area contributed by atoms with E-state index in [1.54, 1.807) is 12.1 Å². The third kappa shape index (κ3) is 6.01. The second-order valence-corrected chi connectivity index (χ2v) is 9.83. The highest BCUT2D eigenvalue weighted by atomic mass is 32.2. The van der Waals surface area contributed by atoms with E-state index in [2.05, 4.69) is 16.7 Å². The molecule has 0 saturated carbocycles. The van der Waals surface area contributed by atoms with Crippen LogP contribution >= 0.6 is 0 Å². The monoisotopic (exact) mass is 423 g/mol. The Hall–Kier alpha value is -1.48. The van der Waals surface area contributed by atoms with E-state index in [0.717, 1.165) is 37.1 Å². The number of carbonyl (C=O) groups excluding carboxylic acids is 1. The number of fused-ring (bicyclic) bond motifs is 1. The molecule has 0 aliphatic carbocycles. The van der Waals surface area contributed by atoms with Crippen LogP contribution in [0.3, 0.4) is 0 Å². The van der Waals surface area contributed by atoms with Crippen molar-refractivity contribution in [1.29, 1.82) is 0 Å². The van der Waals surface area contributed by atoms with Crippen LogP contribution in [0.2, 0.25) is 0 Å². The summed E-state index contributed by atoms with van der Waals surface area (Å²) < 4.78 is 33.6. The van der Waals surface area contributed by atoms with Crippen LogP contribution in [0.5, 0.6) is 0 Å². The third-order valence-electron chi connectivity index (χ3n) is 5.80. The summed E-state index contributed by atoms with van der Waals surface area (Å²) >= 11 is 0. The topological polar surface area (TPSA) is 78.9 Å². The summed E-state index contributed by atoms with van der Waals surface area (Å²) in [5.74, 6) is 0.442. The van der Waals surface area contributed by atoms with E-state index in [0.29, 0.717) is 56.5 Å². The molecule has 162 valence electrons. The van der Waals surface area contributed by atoms with Gasteiger partial charge in [0.25, 0.3) is 0 Å². The van der Waals surface area contributed by atoms with Crippen LogP contribution in [0, 0.1) is 5.92 Å². The fourth-order valence-electron chi connectivity index (χ4n) is 4.12. The zero-order valence-electron chi connectivity index (χ0n) is 17.5. The number of likely N-dealkylation sites (tertiary alicyclic amines) is 1. The maximum Gasteiger partial charge on any atom is 0.240 e. The van der Waals surface area contributed by atoms with E-state index in [-0.39, 0.29) is 5.91 Å². The average molecular weight is 424 g/mol. The average Bonchev–Trinajstić information content (AvgIpc) is 2.71. The predicted molar refractivity (Wildman–Crippen MR) is 112 cm³/mol. The third-order valence-corrected chi connectivity index (χ3v) is 7.22. The number of amides is 1. The summed E-state index contributed by atoms with van der Waals surface area (Å²) in [5.41, 5.74) is 2.04. The molecule has 2 aliphatic heterocycles. The van der Waals surface area contributed by atoms with Gasteiger partial charge >= 0.3 is 0 Å². The van der Waals surface area contributed by atoms with Gasteiger partial charge in [-0.3, -0.25) is 4.79 Å². The summed E-state index contributed by atoms with van der Waals surface area (Å²) in [4.78, 5) is 16.7. The quantitative estimate of drug-likeness (QED) is 0.643. The molecule has 1 aromatic rings. The molecule has 0 aromatic heterocycles. The first-order valence-electron chi connectivity index (χ1n) is 10.5. The molecule has 1 aromatic carbocycles. The van der Waals surface area contributed by atoms with Crippen LogP contribution < -0.4 is 4.72 Å². The van der Waals surface area contributed by atoms with Gasteiger partial charge in [0.05, 0.1) is 17.9 Å². The van der Waals surface area contributed by atoms with Crippen LogP contribution in [-0.2, 0) is 32.5 Å².